The number of halogens is 3. The number of fused-ring (bicyclic) bond motifs is 2. The average molecular weight is 637 g/mol. The van der Waals surface area contributed by atoms with E-state index < -0.39 is 5.92 Å². The highest BCUT2D eigenvalue weighted by atomic mass is 35.5. The second-order valence-electron chi connectivity index (χ2n) is 14.3. The summed E-state index contributed by atoms with van der Waals surface area (Å²) in [5.41, 5.74) is 0.948. The van der Waals surface area contributed by atoms with Gasteiger partial charge in [0, 0.05) is 69.7 Å². The van der Waals surface area contributed by atoms with Crippen LogP contribution in [0.15, 0.2) is 30.3 Å². The Balaban J connectivity index is 0.00000384. The minimum atomic E-state index is -2.64. The summed E-state index contributed by atoms with van der Waals surface area (Å²) in [5, 5.41) is 3.26. The number of nitrogens with one attached hydrogen (secondary N) is 1. The van der Waals surface area contributed by atoms with Crippen LogP contribution in [0.25, 0.3) is 0 Å². The number of nitrogens with zero attached hydrogens (tertiary/aromatic N) is 3. The van der Waals surface area contributed by atoms with Crippen molar-refractivity contribution in [3.8, 4) is 0 Å². The summed E-state index contributed by atoms with van der Waals surface area (Å²) >= 11 is 0. The molecular weight excluding hydrogens is 586 g/mol. The summed E-state index contributed by atoms with van der Waals surface area (Å²) in [6, 6.07) is 11.1. The van der Waals surface area contributed by atoms with Gasteiger partial charge in [-0.25, -0.2) is 13.6 Å². The van der Waals surface area contributed by atoms with Gasteiger partial charge in [0.2, 0.25) is 11.8 Å². The zero-order valence-electron chi connectivity index (χ0n) is 26.4. The molecule has 246 valence electrons. The van der Waals surface area contributed by atoms with Crippen molar-refractivity contribution in [1.82, 2.24) is 20.0 Å². The molecule has 1 N–H and O–H groups in total. The van der Waals surface area contributed by atoms with E-state index in [-0.39, 0.29) is 73.6 Å². The zero-order valence-corrected chi connectivity index (χ0v) is 27.2. The van der Waals surface area contributed by atoms with E-state index in [1.54, 1.807) is 0 Å². The molecule has 4 aliphatic heterocycles. The Morgan fingerprint density at radius 1 is 1.00 bits per heavy atom. The maximum Gasteiger partial charge on any atom is 0.320 e. The first-order valence-corrected chi connectivity index (χ1v) is 16.8. The first kappa shape index (κ1) is 33.4. The van der Waals surface area contributed by atoms with Crippen molar-refractivity contribution in [2.45, 2.75) is 120 Å². The van der Waals surface area contributed by atoms with E-state index in [0.29, 0.717) is 18.0 Å². The number of rotatable bonds is 9. The van der Waals surface area contributed by atoms with Crippen LogP contribution in [0.3, 0.4) is 0 Å². The summed E-state index contributed by atoms with van der Waals surface area (Å²) in [7, 11) is 0. The van der Waals surface area contributed by atoms with Gasteiger partial charge >= 0.3 is 6.03 Å². The number of benzene rings is 1. The van der Waals surface area contributed by atoms with Crippen molar-refractivity contribution >= 4 is 24.3 Å². The Labute approximate surface area is 267 Å². The fourth-order valence-corrected chi connectivity index (χ4v) is 8.99. The molecular formula is C34H51ClF2N4O3. The molecule has 2 unspecified atom stereocenters. The summed E-state index contributed by atoms with van der Waals surface area (Å²) < 4.78 is 33.0. The standard InChI is InChI=1S/C34H50F2N4O3.ClH/c1-24(2)40-32(42)38(22-25-13-18-43-19-14-25)23-33(40)20-28-8-9-29(21-33)39(28)17-12-30(26-6-4-3-5-7-26)37-31(41)27-10-15-34(35,36)16-11-27;/h3-7,24-25,27-30H,8-23H2,1-2H3,(H,37,41);1H/t28?,29?,30-,33?;/m0./s1. The molecule has 1 aromatic carbocycles. The van der Waals surface area contributed by atoms with Gasteiger partial charge in [-0.15, -0.1) is 12.4 Å². The summed E-state index contributed by atoms with van der Waals surface area (Å²) in [6.45, 7) is 8.45. The number of carbonyl (C=O) groups excluding carboxylic acids is 2. The van der Waals surface area contributed by atoms with Gasteiger partial charge in [-0.2, -0.15) is 0 Å². The first-order valence-electron chi connectivity index (χ1n) is 16.8. The maximum absolute atomic E-state index is 13.8. The van der Waals surface area contributed by atoms with Crippen LogP contribution in [0.5, 0.6) is 0 Å². The van der Waals surface area contributed by atoms with E-state index in [2.05, 4.69) is 46.0 Å². The Hall–Kier alpha value is -1.97. The Morgan fingerprint density at radius 3 is 2.25 bits per heavy atom. The van der Waals surface area contributed by atoms with Gasteiger partial charge in [-0.3, -0.25) is 9.69 Å². The normalized spacial score (nSPS) is 30.2. The number of piperidine rings is 1. The van der Waals surface area contributed by atoms with Crippen molar-refractivity contribution in [3.05, 3.63) is 35.9 Å². The Kier molecular flexibility index (Phi) is 10.5. The lowest BCUT2D eigenvalue weighted by Crippen LogP contribution is -2.60. The molecule has 3 amide bonds. The van der Waals surface area contributed by atoms with E-state index in [1.807, 2.05) is 18.2 Å². The topological polar surface area (TPSA) is 65.1 Å². The molecule has 1 aliphatic carbocycles. The van der Waals surface area contributed by atoms with Gasteiger partial charge in [0.1, 0.15) is 0 Å². The predicted molar refractivity (Wildman–Crippen MR) is 169 cm³/mol. The summed E-state index contributed by atoms with van der Waals surface area (Å²) in [6.07, 6.45) is 7.20. The van der Waals surface area contributed by atoms with Crippen LogP contribution in [0.4, 0.5) is 13.6 Å². The number of hydrogen-bond donors (Lipinski definition) is 1. The monoisotopic (exact) mass is 636 g/mol. The van der Waals surface area contributed by atoms with Crippen molar-refractivity contribution in [2.24, 2.45) is 11.8 Å². The molecule has 3 atom stereocenters. The Morgan fingerprint density at radius 2 is 1.64 bits per heavy atom. The molecule has 1 saturated carbocycles. The largest absolute Gasteiger partial charge is 0.381 e. The molecule has 4 saturated heterocycles. The number of amides is 3. The fourth-order valence-electron chi connectivity index (χ4n) is 8.99. The molecule has 2 bridgehead atoms. The third-order valence-electron chi connectivity index (χ3n) is 11.1. The van der Waals surface area contributed by atoms with Crippen molar-refractivity contribution in [3.63, 3.8) is 0 Å². The number of alkyl halides is 2. The van der Waals surface area contributed by atoms with E-state index in [4.69, 9.17) is 4.74 Å². The molecule has 5 fully saturated rings. The molecule has 10 heteroatoms. The number of carbonyl (C=O) groups is 2. The van der Waals surface area contributed by atoms with Crippen LogP contribution < -0.4 is 5.32 Å². The molecule has 5 aliphatic rings. The van der Waals surface area contributed by atoms with Crippen LogP contribution in [-0.2, 0) is 9.53 Å². The quantitative estimate of drug-likeness (QED) is 0.340. The summed E-state index contributed by atoms with van der Waals surface area (Å²) in [5.74, 6) is -2.55. The highest BCUT2D eigenvalue weighted by molar-refractivity contribution is 5.85. The zero-order chi connectivity index (χ0) is 30.2. The van der Waals surface area contributed by atoms with Crippen LogP contribution in [0.2, 0.25) is 0 Å². The van der Waals surface area contributed by atoms with Gasteiger partial charge in [-0.1, -0.05) is 30.3 Å². The third kappa shape index (κ3) is 7.05. The second kappa shape index (κ2) is 13.8. The minimum absolute atomic E-state index is 0. The fraction of sp³-hybridized carbons (Fsp3) is 0.765. The Bertz CT molecular complexity index is 1110. The van der Waals surface area contributed by atoms with Crippen molar-refractivity contribution < 1.29 is 23.1 Å². The molecule has 1 spiro atoms. The highest BCUT2D eigenvalue weighted by Crippen LogP contribution is 2.48. The predicted octanol–water partition coefficient (Wildman–Crippen LogP) is 6.42. The van der Waals surface area contributed by atoms with Crippen molar-refractivity contribution in [2.75, 3.05) is 32.8 Å². The third-order valence-corrected chi connectivity index (χ3v) is 11.1. The lowest BCUT2D eigenvalue weighted by atomic mass is 9.81. The lowest BCUT2D eigenvalue weighted by molar-refractivity contribution is -0.130. The van der Waals surface area contributed by atoms with Crippen LogP contribution in [0, 0.1) is 11.8 Å². The van der Waals surface area contributed by atoms with Crippen LogP contribution in [-0.4, -0.2) is 89.1 Å². The SMILES string of the molecule is CC(C)N1C(=O)N(CC2CCOCC2)CC12CC1CCC(C2)N1CC[C@H](NC(=O)C1CCC(F)(F)CC1)c1ccccc1.Cl. The maximum atomic E-state index is 13.8. The molecule has 7 nitrogen and oxygen atoms in total. The molecule has 0 aromatic heterocycles. The van der Waals surface area contributed by atoms with E-state index >= 15 is 0 Å². The van der Waals surface area contributed by atoms with Crippen LogP contribution in [0.1, 0.15) is 96.1 Å². The number of urea groups is 1. The van der Waals surface area contributed by atoms with Gasteiger partial charge in [-0.05, 0) is 83.1 Å². The van der Waals surface area contributed by atoms with Gasteiger partial charge in [0.25, 0.3) is 0 Å². The van der Waals surface area contributed by atoms with Crippen molar-refractivity contribution in [1.29, 1.82) is 0 Å². The lowest BCUT2D eigenvalue weighted by Gasteiger charge is -2.49. The number of ether oxygens (including phenoxy) is 1. The average Bonchev–Trinajstić information content (AvgIpc) is 3.39. The second-order valence-corrected chi connectivity index (χ2v) is 14.3. The van der Waals surface area contributed by atoms with Gasteiger partial charge in [0.05, 0.1) is 11.6 Å². The van der Waals surface area contributed by atoms with E-state index in [1.165, 1.54) is 0 Å². The smallest absolute Gasteiger partial charge is 0.320 e. The van der Waals surface area contributed by atoms with Gasteiger partial charge in [0.15, 0.2) is 0 Å². The van der Waals surface area contributed by atoms with E-state index in [0.717, 1.165) is 83.4 Å². The minimum Gasteiger partial charge on any atom is -0.381 e. The highest BCUT2D eigenvalue weighted by Gasteiger charge is 2.57. The molecule has 0 radical (unpaired) electrons. The van der Waals surface area contributed by atoms with Crippen LogP contribution >= 0.6 is 12.4 Å². The molecule has 4 heterocycles. The first-order chi connectivity index (χ1) is 20.6. The molecule has 6 rings (SSSR count). The molecule has 44 heavy (non-hydrogen) atoms. The van der Waals surface area contributed by atoms with Gasteiger partial charge < -0.3 is 19.9 Å². The summed E-state index contributed by atoms with van der Waals surface area (Å²) in [4.78, 5) is 34.0. The molecule has 1 aromatic rings. The number of hydrogen-bond acceptors (Lipinski definition) is 4. The van der Waals surface area contributed by atoms with E-state index in [9.17, 15) is 18.4 Å².